The molecule has 0 saturated carbocycles. The van der Waals surface area contributed by atoms with E-state index in [1.165, 1.54) is 0 Å². The van der Waals surface area contributed by atoms with E-state index in [0.717, 1.165) is 22.1 Å². The minimum atomic E-state index is -0.0959. The zero-order valence-corrected chi connectivity index (χ0v) is 12.3. The zero-order valence-electron chi connectivity index (χ0n) is 11.5. The molecule has 106 valence electrons. The van der Waals surface area contributed by atoms with Gasteiger partial charge in [-0.1, -0.05) is 29.3 Å². The zero-order chi connectivity index (χ0) is 14.8. The first-order valence-electron chi connectivity index (χ1n) is 6.64. The Morgan fingerprint density at radius 2 is 2.10 bits per heavy atom. The molecule has 1 aromatic heterocycles. The second-order valence-corrected chi connectivity index (χ2v) is 5.43. The SMILES string of the molecule is Cc1ccc2occ(CC(=O)Nc3cccc(Cl)c3)c2c1. The number of amides is 1. The Bertz CT molecular complexity index is 807. The Balaban J connectivity index is 1.79. The second-order valence-electron chi connectivity index (χ2n) is 5.00. The minimum absolute atomic E-state index is 0.0959. The molecule has 0 radical (unpaired) electrons. The van der Waals surface area contributed by atoms with Crippen molar-refractivity contribution in [2.45, 2.75) is 13.3 Å². The summed E-state index contributed by atoms with van der Waals surface area (Å²) in [4.78, 5) is 12.1. The van der Waals surface area contributed by atoms with Crippen LogP contribution in [-0.4, -0.2) is 5.91 Å². The molecule has 0 unspecified atom stereocenters. The fourth-order valence-corrected chi connectivity index (χ4v) is 2.47. The maximum Gasteiger partial charge on any atom is 0.228 e. The summed E-state index contributed by atoms with van der Waals surface area (Å²) in [5.74, 6) is -0.0959. The number of rotatable bonds is 3. The van der Waals surface area contributed by atoms with Crippen LogP contribution in [0.1, 0.15) is 11.1 Å². The number of fused-ring (bicyclic) bond motifs is 1. The third kappa shape index (κ3) is 3.09. The van der Waals surface area contributed by atoms with Gasteiger partial charge in [-0.3, -0.25) is 4.79 Å². The number of benzene rings is 2. The van der Waals surface area contributed by atoms with E-state index < -0.39 is 0 Å². The third-order valence-electron chi connectivity index (χ3n) is 3.27. The van der Waals surface area contributed by atoms with Gasteiger partial charge in [0.05, 0.1) is 12.7 Å². The van der Waals surface area contributed by atoms with Gasteiger partial charge >= 0.3 is 0 Å². The first-order valence-corrected chi connectivity index (χ1v) is 7.02. The molecule has 1 amide bonds. The van der Waals surface area contributed by atoms with Crippen LogP contribution in [0.4, 0.5) is 5.69 Å². The molecular weight excluding hydrogens is 286 g/mol. The highest BCUT2D eigenvalue weighted by Gasteiger charge is 2.11. The van der Waals surface area contributed by atoms with E-state index in [0.29, 0.717) is 10.7 Å². The van der Waals surface area contributed by atoms with Gasteiger partial charge in [0.25, 0.3) is 0 Å². The van der Waals surface area contributed by atoms with Gasteiger partial charge in [-0.2, -0.15) is 0 Å². The summed E-state index contributed by atoms with van der Waals surface area (Å²) >= 11 is 5.90. The predicted octanol–water partition coefficient (Wildman–Crippen LogP) is 4.58. The van der Waals surface area contributed by atoms with Crippen molar-refractivity contribution in [3.05, 3.63) is 64.9 Å². The van der Waals surface area contributed by atoms with Gasteiger partial charge in [-0.15, -0.1) is 0 Å². The molecule has 3 aromatic rings. The van der Waals surface area contributed by atoms with E-state index in [4.69, 9.17) is 16.0 Å². The summed E-state index contributed by atoms with van der Waals surface area (Å²) in [5.41, 5.74) is 3.51. The predicted molar refractivity (Wildman–Crippen MR) is 84.7 cm³/mol. The van der Waals surface area contributed by atoms with Crippen molar-refractivity contribution in [1.82, 2.24) is 0 Å². The number of carbonyl (C=O) groups excluding carboxylic acids is 1. The maximum absolute atomic E-state index is 12.1. The van der Waals surface area contributed by atoms with E-state index in [-0.39, 0.29) is 12.3 Å². The van der Waals surface area contributed by atoms with Gasteiger partial charge in [0.15, 0.2) is 0 Å². The average Bonchev–Trinajstić information content (AvgIpc) is 2.81. The molecule has 0 bridgehead atoms. The van der Waals surface area contributed by atoms with Gasteiger partial charge in [-0.05, 0) is 37.3 Å². The van der Waals surface area contributed by atoms with Crippen LogP contribution in [0, 0.1) is 6.92 Å². The standard InChI is InChI=1S/C17H14ClNO2/c1-11-5-6-16-15(7-11)12(10-21-16)8-17(20)19-14-4-2-3-13(18)9-14/h2-7,9-10H,8H2,1H3,(H,19,20). The Hall–Kier alpha value is -2.26. The number of carbonyl (C=O) groups is 1. The highest BCUT2D eigenvalue weighted by atomic mass is 35.5. The van der Waals surface area contributed by atoms with E-state index in [1.54, 1.807) is 30.5 Å². The molecule has 2 aromatic carbocycles. The van der Waals surface area contributed by atoms with E-state index in [2.05, 4.69) is 5.32 Å². The Labute approximate surface area is 127 Å². The van der Waals surface area contributed by atoms with Crippen LogP contribution in [0.2, 0.25) is 5.02 Å². The number of nitrogens with one attached hydrogen (secondary N) is 1. The van der Waals surface area contributed by atoms with Crippen molar-refractivity contribution < 1.29 is 9.21 Å². The number of aryl methyl sites for hydroxylation is 1. The lowest BCUT2D eigenvalue weighted by Crippen LogP contribution is -2.14. The van der Waals surface area contributed by atoms with Gasteiger partial charge in [0.2, 0.25) is 5.91 Å². The van der Waals surface area contributed by atoms with Crippen molar-refractivity contribution in [2.75, 3.05) is 5.32 Å². The Kier molecular flexibility index (Phi) is 3.67. The molecule has 0 aliphatic heterocycles. The van der Waals surface area contributed by atoms with Gasteiger partial charge < -0.3 is 9.73 Å². The molecule has 0 fully saturated rings. The van der Waals surface area contributed by atoms with Gasteiger partial charge in [0.1, 0.15) is 5.58 Å². The van der Waals surface area contributed by atoms with Crippen molar-refractivity contribution in [3.8, 4) is 0 Å². The molecule has 1 N–H and O–H groups in total. The maximum atomic E-state index is 12.1. The number of halogens is 1. The van der Waals surface area contributed by atoms with Crippen molar-refractivity contribution in [1.29, 1.82) is 0 Å². The molecule has 0 aliphatic rings. The molecule has 4 heteroatoms. The second kappa shape index (κ2) is 5.62. The summed E-state index contributed by atoms with van der Waals surface area (Å²) in [7, 11) is 0. The minimum Gasteiger partial charge on any atom is -0.464 e. The Morgan fingerprint density at radius 3 is 2.90 bits per heavy atom. The molecule has 1 heterocycles. The summed E-state index contributed by atoms with van der Waals surface area (Å²) in [5, 5.41) is 4.41. The van der Waals surface area contributed by atoms with Crippen LogP contribution in [0.25, 0.3) is 11.0 Å². The van der Waals surface area contributed by atoms with Crippen LogP contribution in [0.15, 0.2) is 53.1 Å². The topological polar surface area (TPSA) is 42.2 Å². The largest absolute Gasteiger partial charge is 0.464 e. The molecule has 3 rings (SSSR count). The molecule has 0 atom stereocenters. The lowest BCUT2D eigenvalue weighted by atomic mass is 10.1. The van der Waals surface area contributed by atoms with E-state index in [9.17, 15) is 4.79 Å². The van der Waals surface area contributed by atoms with Crippen LogP contribution in [-0.2, 0) is 11.2 Å². The summed E-state index contributed by atoms with van der Waals surface area (Å²) in [6, 6.07) is 13.0. The van der Waals surface area contributed by atoms with Crippen LogP contribution in [0.3, 0.4) is 0 Å². The van der Waals surface area contributed by atoms with Crippen LogP contribution >= 0.6 is 11.6 Å². The molecule has 0 spiro atoms. The highest BCUT2D eigenvalue weighted by molar-refractivity contribution is 6.30. The average molecular weight is 300 g/mol. The quantitative estimate of drug-likeness (QED) is 0.769. The highest BCUT2D eigenvalue weighted by Crippen LogP contribution is 2.23. The normalized spacial score (nSPS) is 10.8. The summed E-state index contributed by atoms with van der Waals surface area (Å²) in [6.07, 6.45) is 1.91. The molecular formula is C17H14ClNO2. The molecule has 21 heavy (non-hydrogen) atoms. The summed E-state index contributed by atoms with van der Waals surface area (Å²) < 4.78 is 5.47. The van der Waals surface area contributed by atoms with Crippen molar-refractivity contribution in [3.63, 3.8) is 0 Å². The number of hydrogen-bond donors (Lipinski definition) is 1. The first kappa shape index (κ1) is 13.7. The van der Waals surface area contributed by atoms with Crippen LogP contribution in [0.5, 0.6) is 0 Å². The molecule has 0 aliphatic carbocycles. The fraction of sp³-hybridized carbons (Fsp3) is 0.118. The fourth-order valence-electron chi connectivity index (χ4n) is 2.28. The lowest BCUT2D eigenvalue weighted by Gasteiger charge is -2.05. The molecule has 3 nitrogen and oxygen atoms in total. The van der Waals surface area contributed by atoms with Gasteiger partial charge in [0, 0.05) is 21.7 Å². The number of hydrogen-bond acceptors (Lipinski definition) is 2. The van der Waals surface area contributed by atoms with E-state index >= 15 is 0 Å². The smallest absolute Gasteiger partial charge is 0.228 e. The monoisotopic (exact) mass is 299 g/mol. The van der Waals surface area contributed by atoms with Crippen molar-refractivity contribution >= 4 is 34.2 Å². The van der Waals surface area contributed by atoms with Crippen molar-refractivity contribution in [2.24, 2.45) is 0 Å². The van der Waals surface area contributed by atoms with E-state index in [1.807, 2.05) is 25.1 Å². The number of furan rings is 1. The Morgan fingerprint density at radius 1 is 1.24 bits per heavy atom. The third-order valence-corrected chi connectivity index (χ3v) is 3.50. The summed E-state index contributed by atoms with van der Waals surface area (Å²) in [6.45, 7) is 2.02. The lowest BCUT2D eigenvalue weighted by molar-refractivity contribution is -0.115. The molecule has 0 saturated heterocycles. The first-order chi connectivity index (χ1) is 10.1. The number of anilines is 1. The van der Waals surface area contributed by atoms with Gasteiger partial charge in [-0.25, -0.2) is 0 Å². The van der Waals surface area contributed by atoms with Crippen LogP contribution < -0.4 is 5.32 Å².